The van der Waals surface area contributed by atoms with Crippen molar-refractivity contribution in [2.75, 3.05) is 13.7 Å². The van der Waals surface area contributed by atoms with E-state index in [9.17, 15) is 13.6 Å². The number of nitrogens with one attached hydrogen (secondary N) is 1. The maximum Gasteiger partial charge on any atom is 0.321 e. The maximum atomic E-state index is 12.7. The molecule has 0 aliphatic heterocycles. The van der Waals surface area contributed by atoms with Crippen molar-refractivity contribution in [3.05, 3.63) is 30.3 Å². The molecule has 0 saturated heterocycles. The van der Waals surface area contributed by atoms with Crippen LogP contribution in [0.4, 0.5) is 8.78 Å². The first-order valence-corrected chi connectivity index (χ1v) is 5.51. The summed E-state index contributed by atoms with van der Waals surface area (Å²) in [6, 6.07) is 2.30. The predicted molar refractivity (Wildman–Crippen MR) is 63.8 cm³/mol. The van der Waals surface area contributed by atoms with Crippen molar-refractivity contribution in [1.29, 1.82) is 0 Å². The Labute approximate surface area is 109 Å². The Hall–Kier alpha value is -1.76. The summed E-state index contributed by atoms with van der Waals surface area (Å²) in [5.41, 5.74) is 0.569. The molecule has 19 heavy (non-hydrogen) atoms. The number of pyridine rings is 1. The van der Waals surface area contributed by atoms with Gasteiger partial charge in [-0.1, -0.05) is 6.07 Å². The van der Waals surface area contributed by atoms with Crippen LogP contribution < -0.4 is 10.1 Å². The van der Waals surface area contributed by atoms with Crippen molar-refractivity contribution in [2.45, 2.75) is 18.9 Å². The molecule has 1 aromatic rings. The molecule has 105 valence electrons. The molecule has 1 aromatic heterocycles. The number of carbonyl (C=O) groups excluding carboxylic acids is 1. The highest BCUT2D eigenvalue weighted by Gasteiger charge is 2.33. The molecule has 0 fully saturated rings. The summed E-state index contributed by atoms with van der Waals surface area (Å²) in [6.45, 7) is -0.000443. The number of aliphatic hydroxyl groups is 1. The summed E-state index contributed by atoms with van der Waals surface area (Å²) >= 11 is 0. The second-order valence-electron chi connectivity index (χ2n) is 3.95. The SMILES string of the molecule is COc1ccc([CH]C(CO)NC(=O)C(C)(F)F)cn1. The van der Waals surface area contributed by atoms with Crippen molar-refractivity contribution >= 4 is 5.91 Å². The molecule has 1 atom stereocenters. The molecule has 1 radical (unpaired) electrons. The van der Waals surface area contributed by atoms with Gasteiger partial charge in [0, 0.05) is 25.6 Å². The number of halogens is 2. The Morgan fingerprint density at radius 1 is 1.63 bits per heavy atom. The predicted octanol–water partition coefficient (Wildman–Crippen LogP) is 0.775. The van der Waals surface area contributed by atoms with Gasteiger partial charge in [-0.2, -0.15) is 8.78 Å². The van der Waals surface area contributed by atoms with Gasteiger partial charge in [-0.15, -0.1) is 0 Å². The van der Waals surface area contributed by atoms with Gasteiger partial charge in [0.05, 0.1) is 19.8 Å². The molecular weight excluding hydrogens is 258 g/mol. The van der Waals surface area contributed by atoms with E-state index in [0.29, 0.717) is 18.4 Å². The minimum atomic E-state index is -3.49. The molecule has 0 bridgehead atoms. The van der Waals surface area contributed by atoms with Crippen molar-refractivity contribution in [1.82, 2.24) is 10.3 Å². The third-order valence-corrected chi connectivity index (χ3v) is 2.27. The Bertz CT molecular complexity index is 418. The lowest BCUT2D eigenvalue weighted by molar-refractivity contribution is -0.143. The average molecular weight is 273 g/mol. The minimum Gasteiger partial charge on any atom is -0.481 e. The Morgan fingerprint density at radius 3 is 2.74 bits per heavy atom. The van der Waals surface area contributed by atoms with Crippen LogP contribution in [0.3, 0.4) is 0 Å². The molecular formula is C12H15F2N2O3. The summed E-state index contributed by atoms with van der Waals surface area (Å²) in [6.07, 6.45) is 2.87. The van der Waals surface area contributed by atoms with Gasteiger partial charge in [0.1, 0.15) is 0 Å². The summed E-state index contributed by atoms with van der Waals surface area (Å²) in [7, 11) is 1.46. The first-order valence-electron chi connectivity index (χ1n) is 5.51. The maximum absolute atomic E-state index is 12.7. The molecule has 0 aliphatic rings. The average Bonchev–Trinajstić information content (AvgIpc) is 2.37. The number of alkyl halides is 2. The van der Waals surface area contributed by atoms with Crippen LogP contribution in [0.1, 0.15) is 12.5 Å². The Morgan fingerprint density at radius 2 is 2.32 bits per heavy atom. The first-order chi connectivity index (χ1) is 8.86. The van der Waals surface area contributed by atoms with E-state index in [-0.39, 0.29) is 0 Å². The lowest BCUT2D eigenvalue weighted by Gasteiger charge is -2.18. The monoisotopic (exact) mass is 273 g/mol. The van der Waals surface area contributed by atoms with E-state index in [1.54, 1.807) is 12.1 Å². The van der Waals surface area contributed by atoms with Crippen LogP contribution >= 0.6 is 0 Å². The molecule has 5 nitrogen and oxygen atoms in total. The van der Waals surface area contributed by atoms with Gasteiger partial charge in [-0.3, -0.25) is 4.79 Å². The van der Waals surface area contributed by atoms with Gasteiger partial charge in [-0.05, 0) is 5.56 Å². The van der Waals surface area contributed by atoms with Crippen LogP contribution in [0.25, 0.3) is 0 Å². The fourth-order valence-corrected chi connectivity index (χ4v) is 1.28. The molecule has 2 N–H and O–H groups in total. The topological polar surface area (TPSA) is 71.5 Å². The number of methoxy groups -OCH3 is 1. The zero-order valence-electron chi connectivity index (χ0n) is 10.6. The zero-order valence-corrected chi connectivity index (χ0v) is 10.6. The van der Waals surface area contributed by atoms with Crippen LogP contribution in [0, 0.1) is 6.42 Å². The normalized spacial score (nSPS) is 12.9. The summed E-state index contributed by atoms with van der Waals surface area (Å²) in [4.78, 5) is 15.0. The number of aliphatic hydroxyl groups excluding tert-OH is 1. The van der Waals surface area contributed by atoms with Crippen LogP contribution in [0.2, 0.25) is 0 Å². The van der Waals surface area contributed by atoms with E-state index in [1.165, 1.54) is 19.7 Å². The molecule has 0 aliphatic carbocycles. The fourth-order valence-electron chi connectivity index (χ4n) is 1.28. The van der Waals surface area contributed by atoms with Crippen LogP contribution in [0.5, 0.6) is 5.88 Å². The van der Waals surface area contributed by atoms with Crippen molar-refractivity contribution in [2.24, 2.45) is 0 Å². The number of carbonyl (C=O) groups is 1. The van der Waals surface area contributed by atoms with E-state index in [0.717, 1.165) is 0 Å². The minimum absolute atomic E-state index is 0.404. The standard InChI is InChI=1S/C12H15F2N2O3/c1-12(13,14)11(18)16-9(7-17)5-8-3-4-10(19-2)15-6-8/h3-6,9,17H,7H2,1-2H3,(H,16,18). The van der Waals surface area contributed by atoms with Gasteiger partial charge in [-0.25, -0.2) is 4.98 Å². The Kier molecular flexibility index (Phi) is 5.17. The third-order valence-electron chi connectivity index (χ3n) is 2.27. The van der Waals surface area contributed by atoms with Crippen LogP contribution in [-0.2, 0) is 4.79 Å². The highest BCUT2D eigenvalue weighted by molar-refractivity contribution is 5.83. The number of nitrogens with zero attached hydrogens (tertiary/aromatic N) is 1. The van der Waals surface area contributed by atoms with Gasteiger partial charge < -0.3 is 15.2 Å². The van der Waals surface area contributed by atoms with Crippen molar-refractivity contribution in [3.63, 3.8) is 0 Å². The van der Waals surface area contributed by atoms with E-state index in [1.807, 2.05) is 5.32 Å². The molecule has 7 heteroatoms. The van der Waals surface area contributed by atoms with Gasteiger partial charge in [0.15, 0.2) is 0 Å². The molecule has 1 heterocycles. The number of aromatic nitrogens is 1. The number of rotatable bonds is 6. The van der Waals surface area contributed by atoms with E-state index >= 15 is 0 Å². The highest BCUT2D eigenvalue weighted by Crippen LogP contribution is 2.14. The number of ether oxygens (including phenoxy) is 1. The summed E-state index contributed by atoms with van der Waals surface area (Å²) in [5.74, 6) is -4.52. The third kappa shape index (κ3) is 4.78. The van der Waals surface area contributed by atoms with Crippen molar-refractivity contribution in [3.8, 4) is 5.88 Å². The molecule has 0 saturated carbocycles. The van der Waals surface area contributed by atoms with E-state index in [2.05, 4.69) is 4.98 Å². The second-order valence-corrected chi connectivity index (χ2v) is 3.95. The Balaban J connectivity index is 2.63. The van der Waals surface area contributed by atoms with Crippen LogP contribution in [-0.4, -0.2) is 41.7 Å². The molecule has 0 aromatic carbocycles. The number of hydrogen-bond donors (Lipinski definition) is 2. The second kappa shape index (κ2) is 6.42. The number of amides is 1. The summed E-state index contributed by atoms with van der Waals surface area (Å²) < 4.78 is 30.3. The molecule has 1 rings (SSSR count). The lowest BCUT2D eigenvalue weighted by atomic mass is 10.1. The van der Waals surface area contributed by atoms with Crippen molar-refractivity contribution < 1.29 is 23.4 Å². The molecule has 1 amide bonds. The summed E-state index contributed by atoms with van der Waals surface area (Å²) in [5, 5.41) is 11.1. The lowest BCUT2D eigenvalue weighted by Crippen LogP contribution is -2.45. The smallest absolute Gasteiger partial charge is 0.321 e. The van der Waals surface area contributed by atoms with Gasteiger partial charge in [0.25, 0.3) is 5.91 Å². The van der Waals surface area contributed by atoms with E-state index < -0.39 is 24.5 Å². The quantitative estimate of drug-likeness (QED) is 0.803. The van der Waals surface area contributed by atoms with Crippen LogP contribution in [0.15, 0.2) is 18.3 Å². The highest BCUT2D eigenvalue weighted by atomic mass is 19.3. The molecule has 1 unspecified atom stereocenters. The van der Waals surface area contributed by atoms with E-state index in [4.69, 9.17) is 9.84 Å². The largest absolute Gasteiger partial charge is 0.481 e. The molecule has 0 spiro atoms. The fraction of sp³-hybridized carbons (Fsp3) is 0.417. The van der Waals surface area contributed by atoms with Gasteiger partial charge >= 0.3 is 5.92 Å². The first kappa shape index (κ1) is 15.3. The van der Waals surface area contributed by atoms with Gasteiger partial charge in [0.2, 0.25) is 5.88 Å². The zero-order chi connectivity index (χ0) is 14.5. The number of hydrogen-bond acceptors (Lipinski definition) is 4.